The summed E-state index contributed by atoms with van der Waals surface area (Å²) in [6, 6.07) is 3.03. The summed E-state index contributed by atoms with van der Waals surface area (Å²) < 4.78 is 0. The van der Waals surface area contributed by atoms with E-state index in [0.29, 0.717) is 11.3 Å². The Labute approximate surface area is 110 Å². The second-order valence-electron chi connectivity index (χ2n) is 4.69. The van der Waals surface area contributed by atoms with Crippen molar-refractivity contribution in [1.82, 2.24) is 10.3 Å². The van der Waals surface area contributed by atoms with Crippen LogP contribution in [0.1, 0.15) is 29.9 Å². The molecule has 98 valence electrons. The fourth-order valence-electron chi connectivity index (χ4n) is 1.24. The molecule has 18 heavy (non-hydrogen) atoms. The van der Waals surface area contributed by atoms with Gasteiger partial charge in [0, 0.05) is 17.8 Å². The van der Waals surface area contributed by atoms with Crippen molar-refractivity contribution in [3.05, 3.63) is 28.5 Å². The van der Waals surface area contributed by atoms with Gasteiger partial charge in [0.05, 0.1) is 5.41 Å². The van der Waals surface area contributed by atoms with Crippen molar-refractivity contribution in [2.24, 2.45) is 5.41 Å². The van der Waals surface area contributed by atoms with Gasteiger partial charge in [-0.05, 0) is 32.9 Å². The number of rotatable bonds is 4. The molecule has 0 unspecified atom stereocenters. The third-order valence-electron chi connectivity index (χ3n) is 2.45. The summed E-state index contributed by atoms with van der Waals surface area (Å²) >= 11 is 5.75. The van der Waals surface area contributed by atoms with Crippen LogP contribution in [0.2, 0.25) is 5.15 Å². The van der Waals surface area contributed by atoms with Crippen LogP contribution in [-0.4, -0.2) is 28.5 Å². The number of pyridine rings is 1. The van der Waals surface area contributed by atoms with Gasteiger partial charge < -0.3 is 10.4 Å². The highest BCUT2D eigenvalue weighted by Crippen LogP contribution is 2.14. The van der Waals surface area contributed by atoms with E-state index in [1.54, 1.807) is 26.8 Å². The van der Waals surface area contributed by atoms with E-state index in [1.807, 2.05) is 0 Å². The molecule has 1 heterocycles. The maximum absolute atomic E-state index is 11.8. The van der Waals surface area contributed by atoms with Gasteiger partial charge in [-0.15, -0.1) is 0 Å². The number of carbonyl (C=O) groups excluding carboxylic acids is 1. The lowest BCUT2D eigenvalue weighted by atomic mass is 9.94. The van der Waals surface area contributed by atoms with Crippen molar-refractivity contribution in [3.8, 4) is 0 Å². The number of halogens is 1. The molecule has 0 fully saturated rings. The van der Waals surface area contributed by atoms with Crippen LogP contribution in [0.3, 0.4) is 0 Å². The van der Waals surface area contributed by atoms with Crippen LogP contribution in [0.25, 0.3) is 0 Å². The Hall–Kier alpha value is -1.62. The fourth-order valence-corrected chi connectivity index (χ4v) is 1.49. The molecule has 0 atom stereocenters. The minimum atomic E-state index is -1.01. The van der Waals surface area contributed by atoms with E-state index in [0.717, 1.165) is 0 Å². The fraction of sp³-hybridized carbons (Fsp3) is 0.417. The first-order valence-corrected chi connectivity index (χ1v) is 5.76. The number of nitrogens with one attached hydrogen (secondary N) is 1. The third kappa shape index (κ3) is 3.70. The van der Waals surface area contributed by atoms with Crippen LogP contribution in [0, 0.1) is 12.3 Å². The number of aromatic nitrogens is 1. The number of hydrogen-bond donors (Lipinski definition) is 2. The molecule has 6 heteroatoms. The van der Waals surface area contributed by atoms with Crippen LogP contribution >= 0.6 is 11.6 Å². The zero-order valence-electron chi connectivity index (χ0n) is 10.5. The normalized spacial score (nSPS) is 11.1. The van der Waals surface area contributed by atoms with E-state index >= 15 is 0 Å². The molecule has 0 aliphatic rings. The summed E-state index contributed by atoms with van der Waals surface area (Å²) in [6.45, 7) is 4.85. The van der Waals surface area contributed by atoms with Gasteiger partial charge in [0.15, 0.2) is 0 Å². The molecule has 0 aliphatic heterocycles. The van der Waals surface area contributed by atoms with E-state index in [-0.39, 0.29) is 17.6 Å². The Bertz CT molecular complexity index is 466. The van der Waals surface area contributed by atoms with E-state index < -0.39 is 11.4 Å². The average molecular weight is 271 g/mol. The maximum atomic E-state index is 11.8. The highest BCUT2D eigenvalue weighted by atomic mass is 35.5. The maximum Gasteiger partial charge on any atom is 0.310 e. The van der Waals surface area contributed by atoms with Crippen molar-refractivity contribution >= 4 is 23.5 Å². The zero-order valence-corrected chi connectivity index (χ0v) is 11.2. The Morgan fingerprint density at radius 3 is 2.56 bits per heavy atom. The number of amides is 1. The number of carbonyl (C=O) groups is 2. The van der Waals surface area contributed by atoms with Gasteiger partial charge in [-0.1, -0.05) is 11.6 Å². The predicted molar refractivity (Wildman–Crippen MR) is 67.7 cm³/mol. The highest BCUT2D eigenvalue weighted by Gasteiger charge is 2.27. The molecule has 0 saturated heterocycles. The number of hydrogen-bond acceptors (Lipinski definition) is 3. The van der Waals surface area contributed by atoms with Crippen molar-refractivity contribution < 1.29 is 14.7 Å². The molecule has 0 aromatic carbocycles. The summed E-state index contributed by atoms with van der Waals surface area (Å²) in [5, 5.41) is 11.7. The molecule has 1 aromatic heterocycles. The van der Waals surface area contributed by atoms with E-state index in [4.69, 9.17) is 16.7 Å². The Morgan fingerprint density at radius 1 is 1.44 bits per heavy atom. The summed E-state index contributed by atoms with van der Waals surface area (Å²) in [5.74, 6) is -1.33. The number of nitrogens with zero attached hydrogens (tertiary/aromatic N) is 1. The average Bonchev–Trinajstić information content (AvgIpc) is 2.24. The summed E-state index contributed by atoms with van der Waals surface area (Å²) in [7, 11) is 0. The van der Waals surface area contributed by atoms with Crippen LogP contribution in [0.4, 0.5) is 0 Å². The molecule has 5 nitrogen and oxygen atoms in total. The molecular weight excluding hydrogens is 256 g/mol. The molecule has 0 aliphatic carbocycles. The van der Waals surface area contributed by atoms with Crippen molar-refractivity contribution in [2.45, 2.75) is 20.8 Å². The monoisotopic (exact) mass is 270 g/mol. The highest BCUT2D eigenvalue weighted by molar-refractivity contribution is 6.29. The SMILES string of the molecule is Cc1cc(C(=O)NCC(C)(C)C(=O)O)cc(Cl)n1. The van der Waals surface area contributed by atoms with Crippen molar-refractivity contribution in [3.63, 3.8) is 0 Å². The largest absolute Gasteiger partial charge is 0.481 e. The van der Waals surface area contributed by atoms with E-state index in [9.17, 15) is 9.59 Å². The van der Waals surface area contributed by atoms with Crippen LogP contribution < -0.4 is 5.32 Å². The lowest BCUT2D eigenvalue weighted by Gasteiger charge is -2.19. The van der Waals surface area contributed by atoms with Crippen LogP contribution in [0.5, 0.6) is 0 Å². The first-order chi connectivity index (χ1) is 8.22. The predicted octanol–water partition coefficient (Wildman–Crippen LogP) is 1.88. The van der Waals surface area contributed by atoms with Gasteiger partial charge in [-0.2, -0.15) is 0 Å². The van der Waals surface area contributed by atoms with E-state index in [1.165, 1.54) is 6.07 Å². The second kappa shape index (κ2) is 5.35. The summed E-state index contributed by atoms with van der Waals surface area (Å²) in [4.78, 5) is 26.7. The minimum Gasteiger partial charge on any atom is -0.481 e. The molecule has 0 spiro atoms. The Morgan fingerprint density at radius 2 is 2.06 bits per heavy atom. The van der Waals surface area contributed by atoms with Crippen molar-refractivity contribution in [2.75, 3.05) is 6.54 Å². The molecule has 0 saturated carbocycles. The van der Waals surface area contributed by atoms with E-state index in [2.05, 4.69) is 10.3 Å². The third-order valence-corrected chi connectivity index (χ3v) is 2.65. The number of aryl methyl sites for hydroxylation is 1. The standard InChI is InChI=1S/C12H15ClN2O3/c1-7-4-8(5-9(13)15-7)10(16)14-6-12(2,3)11(17)18/h4-5H,6H2,1-3H3,(H,14,16)(H,17,18). The lowest BCUT2D eigenvalue weighted by molar-refractivity contribution is -0.146. The van der Waals surface area contributed by atoms with Gasteiger partial charge >= 0.3 is 5.97 Å². The second-order valence-corrected chi connectivity index (χ2v) is 5.08. The first-order valence-electron chi connectivity index (χ1n) is 5.38. The lowest BCUT2D eigenvalue weighted by Crippen LogP contribution is -2.38. The molecule has 0 bridgehead atoms. The van der Waals surface area contributed by atoms with Gasteiger partial charge in [0.1, 0.15) is 5.15 Å². The number of carboxylic acids is 1. The summed E-state index contributed by atoms with van der Waals surface area (Å²) in [6.07, 6.45) is 0. The zero-order chi connectivity index (χ0) is 13.9. The molecule has 0 radical (unpaired) electrons. The Kier molecular flexibility index (Phi) is 4.29. The molecule has 2 N–H and O–H groups in total. The van der Waals surface area contributed by atoms with Crippen molar-refractivity contribution in [1.29, 1.82) is 0 Å². The molecule has 1 amide bonds. The first kappa shape index (κ1) is 14.4. The number of carboxylic acid groups (broad SMARTS) is 1. The smallest absolute Gasteiger partial charge is 0.310 e. The van der Waals surface area contributed by atoms with Crippen LogP contribution in [0.15, 0.2) is 12.1 Å². The van der Waals surface area contributed by atoms with Gasteiger partial charge in [-0.3, -0.25) is 9.59 Å². The van der Waals surface area contributed by atoms with Gasteiger partial charge in [-0.25, -0.2) is 4.98 Å². The van der Waals surface area contributed by atoms with Gasteiger partial charge in [0.2, 0.25) is 0 Å². The van der Waals surface area contributed by atoms with Crippen LogP contribution in [-0.2, 0) is 4.79 Å². The van der Waals surface area contributed by atoms with Gasteiger partial charge in [0.25, 0.3) is 5.91 Å². The molecule has 1 aromatic rings. The minimum absolute atomic E-state index is 0.0418. The topological polar surface area (TPSA) is 79.3 Å². The Balaban J connectivity index is 2.75. The molecule has 1 rings (SSSR count). The number of aliphatic carboxylic acids is 1. The summed E-state index contributed by atoms with van der Waals surface area (Å²) in [5.41, 5.74) is -0.0135. The quantitative estimate of drug-likeness (QED) is 0.819. The molecular formula is C12H15ClN2O3.